The van der Waals surface area contributed by atoms with Crippen molar-refractivity contribution in [3.8, 4) is 39.1 Å². The average molecular weight is 891 g/mol. The summed E-state index contributed by atoms with van der Waals surface area (Å²) in [6.45, 7) is 13.2. The molecule has 0 radical (unpaired) electrons. The second-order valence-corrected chi connectivity index (χ2v) is 29.0. The van der Waals surface area contributed by atoms with E-state index in [0.29, 0.717) is 0 Å². The summed E-state index contributed by atoms with van der Waals surface area (Å²) in [6, 6.07) is 60.9. The molecule has 0 fully saturated rings. The largest absolute Gasteiger partial charge is 0.309 e. The summed E-state index contributed by atoms with van der Waals surface area (Å²) in [7, 11) is -6.99. The monoisotopic (exact) mass is 890 g/mol. The first-order valence-electron chi connectivity index (χ1n) is 22.3. The molecule has 4 heterocycles. The van der Waals surface area contributed by atoms with Crippen LogP contribution in [0.5, 0.6) is 0 Å². The summed E-state index contributed by atoms with van der Waals surface area (Å²) in [5.41, 5.74) is 13.2. The van der Waals surface area contributed by atoms with E-state index in [9.17, 15) is 0 Å². The van der Waals surface area contributed by atoms with Crippen LogP contribution in [0.25, 0.3) is 60.9 Å². The zero-order chi connectivity index (χ0) is 44.2. The van der Waals surface area contributed by atoms with E-state index in [1.54, 1.807) is 0 Å². The molecule has 65 heavy (non-hydrogen) atoms. The Morgan fingerprint density at radius 1 is 0.354 bits per heavy atom. The molecular weight excluding hydrogens is 845 g/mol. The van der Waals surface area contributed by atoms with Crippen LogP contribution in [0.1, 0.15) is 0 Å². The van der Waals surface area contributed by atoms with Gasteiger partial charge in [0.2, 0.25) is 0 Å². The Kier molecular flexibility index (Phi) is 8.74. The lowest BCUT2D eigenvalue weighted by atomic mass is 9.98. The molecule has 3 aliphatic heterocycles. The van der Waals surface area contributed by atoms with Gasteiger partial charge in [0.05, 0.1) is 60.2 Å². The van der Waals surface area contributed by atoms with Gasteiger partial charge in [-0.05, 0) is 116 Å². The van der Waals surface area contributed by atoms with E-state index in [1.165, 1.54) is 27.4 Å². The summed E-state index contributed by atoms with van der Waals surface area (Å²) < 4.78 is 34.7. The third-order valence-electron chi connectivity index (χ3n) is 12.6. The summed E-state index contributed by atoms with van der Waals surface area (Å²) in [5.74, 6) is 0. The molecule has 0 atom stereocenters. The quantitative estimate of drug-likeness (QED) is 0.147. The fraction of sp³-hybridized carbons (Fsp3) is 0.111. The van der Waals surface area contributed by atoms with Gasteiger partial charge >= 0.3 is 0 Å². The van der Waals surface area contributed by atoms with Crippen molar-refractivity contribution >= 4 is 64.1 Å². The molecule has 0 N–H and O–H groups in total. The maximum absolute atomic E-state index is 5.53. The van der Waals surface area contributed by atoms with Crippen LogP contribution in [-0.4, -0.2) is 29.8 Å². The van der Waals surface area contributed by atoms with Crippen LogP contribution in [0.3, 0.4) is 0 Å². The number of anilines is 3. The van der Waals surface area contributed by atoms with Gasteiger partial charge < -0.3 is 9.47 Å². The van der Waals surface area contributed by atoms with Gasteiger partial charge in [-0.1, -0.05) is 115 Å². The second kappa shape index (κ2) is 14.4. The predicted molar refractivity (Wildman–Crippen MR) is 271 cm³/mol. The minimum atomic E-state index is -2.41. The molecule has 0 bridgehead atoms. The van der Waals surface area contributed by atoms with Crippen molar-refractivity contribution in [2.45, 2.75) is 39.3 Å². The molecule has 314 valence electrons. The molecule has 0 aliphatic carbocycles. The van der Waals surface area contributed by atoms with Crippen molar-refractivity contribution in [2.75, 3.05) is 4.90 Å². The Labute approximate surface area is 379 Å². The second-order valence-electron chi connectivity index (χ2n) is 18.7. The third kappa shape index (κ3) is 6.60. The van der Waals surface area contributed by atoms with E-state index in [4.69, 9.17) is 27.9 Å². The van der Waals surface area contributed by atoms with Crippen molar-refractivity contribution in [3.63, 3.8) is 0 Å². The summed E-state index contributed by atoms with van der Waals surface area (Å²) >= 11 is 0. The fourth-order valence-corrected chi connectivity index (χ4v) is 14.7. The number of aromatic nitrogens is 1. The topological polar surface area (TPSA) is 82.3 Å². The van der Waals surface area contributed by atoms with Gasteiger partial charge in [-0.15, -0.1) is 0 Å². The summed E-state index contributed by atoms with van der Waals surface area (Å²) in [5, 5.41) is 8.03. The molecule has 3 aliphatic rings. The highest BCUT2D eigenvalue weighted by Crippen LogP contribution is 2.36. The molecule has 0 saturated heterocycles. The van der Waals surface area contributed by atoms with Crippen LogP contribution in [0.4, 0.5) is 17.1 Å². The van der Waals surface area contributed by atoms with Gasteiger partial charge in [0.15, 0.2) is 0 Å². The van der Waals surface area contributed by atoms with E-state index in [2.05, 4.69) is 219 Å². The highest BCUT2D eigenvalue weighted by atomic mass is 28.4. The zero-order valence-electron chi connectivity index (χ0n) is 37.2. The number of para-hydroxylation sites is 2. The normalized spacial score (nSPS) is 15.7. The zero-order valence-corrected chi connectivity index (χ0v) is 40.2. The lowest BCUT2D eigenvalue weighted by Crippen LogP contribution is -2.38. The van der Waals surface area contributed by atoms with Crippen LogP contribution in [-0.2, 0) is 0 Å². The molecule has 8 aromatic carbocycles. The van der Waals surface area contributed by atoms with E-state index < -0.39 is 25.2 Å². The SMILES string of the molecule is C[Si]1(C)N=c2cccc(N(c3ccc(-c4ccccc4)c4c3=N[Si](C)(C)N=4)c3ccc(-c4ccc(-c5ccc6c(c5)c5ccccc5n6-c5ccccc5)cc4)c4c3=N[Si](C)(C)N=4)c2=N1. The molecule has 1 aromatic heterocycles. The van der Waals surface area contributed by atoms with Crippen LogP contribution in [0, 0.1) is 0 Å². The van der Waals surface area contributed by atoms with Crippen molar-refractivity contribution < 1.29 is 0 Å². The maximum Gasteiger partial charge on any atom is 0.298 e. The molecular formula is C54H46N8Si3. The van der Waals surface area contributed by atoms with Gasteiger partial charge in [-0.2, -0.15) is 0 Å². The Bertz CT molecular complexity index is 3870. The smallest absolute Gasteiger partial charge is 0.298 e. The van der Waals surface area contributed by atoms with Crippen LogP contribution < -0.4 is 37.0 Å². The molecule has 0 unspecified atom stereocenters. The Morgan fingerprint density at radius 2 is 0.846 bits per heavy atom. The number of fused-ring (bicyclic) bond motifs is 6. The highest BCUT2D eigenvalue weighted by Gasteiger charge is 2.33. The van der Waals surface area contributed by atoms with Gasteiger partial charge in [-0.3, -0.25) is 27.9 Å². The van der Waals surface area contributed by atoms with E-state index >= 15 is 0 Å². The molecule has 0 amide bonds. The van der Waals surface area contributed by atoms with Crippen molar-refractivity contribution in [1.82, 2.24) is 4.57 Å². The van der Waals surface area contributed by atoms with Crippen LogP contribution in [0.15, 0.2) is 198 Å². The fourth-order valence-electron chi connectivity index (χ4n) is 9.91. The Balaban J connectivity index is 1.02. The van der Waals surface area contributed by atoms with Gasteiger partial charge in [0.25, 0.3) is 25.2 Å². The highest BCUT2D eigenvalue weighted by molar-refractivity contribution is 6.75. The number of hydrogen-bond donors (Lipinski definition) is 0. The molecule has 12 rings (SSSR count). The minimum Gasteiger partial charge on any atom is -0.309 e. The summed E-state index contributed by atoms with van der Waals surface area (Å²) in [4.78, 5) is 2.33. The molecule has 11 heteroatoms. The Morgan fingerprint density at radius 3 is 1.51 bits per heavy atom. The van der Waals surface area contributed by atoms with Crippen molar-refractivity contribution in [2.24, 2.45) is 27.9 Å². The van der Waals surface area contributed by atoms with Gasteiger partial charge in [0.1, 0.15) is 0 Å². The first kappa shape index (κ1) is 39.4. The standard InChI is InChI=1S/C54H46N8Si3/c1-63(2)55-44-21-15-23-47(52(44)58-63)62(48-32-29-40(36-16-9-7-10-17-36)50-53(48)59-64(3,4)56-50)49-33-30-41(51-54(49)60-65(5,6)57-51)37-26-24-35(25-27-37)38-28-31-46-43(34-38)42-20-13-14-22-45(42)61(46)39-18-11-8-12-19-39/h7-34H,1-6H3. The summed E-state index contributed by atoms with van der Waals surface area (Å²) in [6.07, 6.45) is 0. The number of nitrogens with zero attached hydrogens (tertiary/aromatic N) is 8. The first-order valence-corrected chi connectivity index (χ1v) is 31.0. The van der Waals surface area contributed by atoms with Gasteiger partial charge in [-0.25, -0.2) is 0 Å². The number of benzene rings is 8. The first-order chi connectivity index (χ1) is 31.4. The lowest BCUT2D eigenvalue weighted by molar-refractivity contribution is 1.17. The van der Waals surface area contributed by atoms with Crippen molar-refractivity contribution in [1.29, 1.82) is 0 Å². The van der Waals surface area contributed by atoms with Gasteiger partial charge in [0, 0.05) is 27.6 Å². The predicted octanol–water partition coefficient (Wildman–Crippen LogP) is 10.1. The molecule has 9 aromatic rings. The van der Waals surface area contributed by atoms with E-state index in [1.807, 2.05) is 0 Å². The van der Waals surface area contributed by atoms with Crippen LogP contribution in [0.2, 0.25) is 39.3 Å². The van der Waals surface area contributed by atoms with E-state index in [-0.39, 0.29) is 0 Å². The van der Waals surface area contributed by atoms with E-state index in [0.717, 1.165) is 82.7 Å². The lowest BCUT2D eigenvalue weighted by Gasteiger charge is -2.26. The molecule has 0 spiro atoms. The van der Waals surface area contributed by atoms with Crippen molar-refractivity contribution in [3.05, 3.63) is 202 Å². The minimum absolute atomic E-state index is 0.903. The average Bonchev–Trinajstić information content (AvgIpc) is 4.03. The molecule has 8 nitrogen and oxygen atoms in total. The number of rotatable bonds is 7. The Hall–Kier alpha value is -7.19. The molecule has 0 saturated carbocycles. The maximum atomic E-state index is 5.53. The number of hydrogen-bond acceptors (Lipinski definition) is 7. The van der Waals surface area contributed by atoms with Crippen LogP contribution >= 0.6 is 0 Å². The third-order valence-corrected chi connectivity index (χ3v) is 17.2.